The van der Waals surface area contributed by atoms with Crippen molar-refractivity contribution in [3.63, 3.8) is 0 Å². The zero-order valence-corrected chi connectivity index (χ0v) is 10.4. The van der Waals surface area contributed by atoms with Crippen LogP contribution in [-0.2, 0) is 10.3 Å². The van der Waals surface area contributed by atoms with Gasteiger partial charge >= 0.3 is 0 Å². The molecule has 0 fully saturated rings. The lowest BCUT2D eigenvalue weighted by atomic mass is 9.90. The molecule has 3 heteroatoms. The van der Waals surface area contributed by atoms with Crippen molar-refractivity contribution >= 4 is 0 Å². The van der Waals surface area contributed by atoms with E-state index in [9.17, 15) is 5.11 Å². The molecule has 1 aromatic rings. The lowest BCUT2D eigenvalue weighted by molar-refractivity contribution is -0.0400. The van der Waals surface area contributed by atoms with Crippen LogP contribution in [0.4, 0.5) is 0 Å². The quantitative estimate of drug-likeness (QED) is 0.833. The van der Waals surface area contributed by atoms with Gasteiger partial charge in [0.15, 0.2) is 0 Å². The lowest BCUT2D eigenvalue weighted by Crippen LogP contribution is -2.31. The Labute approximate surface area is 97.0 Å². The summed E-state index contributed by atoms with van der Waals surface area (Å²) in [6.07, 6.45) is 0.584. The average Bonchev–Trinajstić information content (AvgIpc) is 2.29. The Kier molecular flexibility index (Phi) is 4.33. The maximum absolute atomic E-state index is 10.5. The van der Waals surface area contributed by atoms with Crippen LogP contribution in [0.2, 0.25) is 0 Å². The van der Waals surface area contributed by atoms with Crippen molar-refractivity contribution in [2.75, 3.05) is 20.8 Å². The van der Waals surface area contributed by atoms with Crippen LogP contribution < -0.4 is 4.74 Å². The molecule has 0 heterocycles. The minimum Gasteiger partial charge on any atom is -0.496 e. The van der Waals surface area contributed by atoms with Gasteiger partial charge in [-0.1, -0.05) is 18.6 Å². The fraction of sp³-hybridized carbons (Fsp3) is 0.538. The largest absolute Gasteiger partial charge is 0.496 e. The molecule has 0 bridgehead atoms. The molecular weight excluding hydrogens is 204 g/mol. The SMILES string of the molecule is CCC(O)(COC)c1cc(C)ccc1OC. The monoisotopic (exact) mass is 224 g/mol. The van der Waals surface area contributed by atoms with Crippen molar-refractivity contribution in [2.45, 2.75) is 25.9 Å². The zero-order valence-electron chi connectivity index (χ0n) is 10.4. The third-order valence-electron chi connectivity index (χ3n) is 2.82. The third-order valence-corrected chi connectivity index (χ3v) is 2.82. The molecule has 0 saturated heterocycles. The highest BCUT2D eigenvalue weighted by molar-refractivity contribution is 5.41. The van der Waals surface area contributed by atoms with Crippen molar-refractivity contribution in [2.24, 2.45) is 0 Å². The summed E-state index contributed by atoms with van der Waals surface area (Å²) < 4.78 is 10.4. The first-order chi connectivity index (χ1) is 7.57. The number of hydrogen-bond donors (Lipinski definition) is 1. The van der Waals surface area contributed by atoms with Crippen molar-refractivity contribution in [1.82, 2.24) is 0 Å². The van der Waals surface area contributed by atoms with Crippen molar-refractivity contribution in [3.05, 3.63) is 29.3 Å². The summed E-state index contributed by atoms with van der Waals surface area (Å²) in [6, 6.07) is 5.79. The lowest BCUT2D eigenvalue weighted by Gasteiger charge is -2.28. The second kappa shape index (κ2) is 5.32. The maximum atomic E-state index is 10.5. The predicted octanol–water partition coefficient (Wildman–Crippen LogP) is 2.25. The van der Waals surface area contributed by atoms with Crippen LogP contribution in [0.1, 0.15) is 24.5 Å². The Hall–Kier alpha value is -1.06. The first-order valence-electron chi connectivity index (χ1n) is 5.44. The fourth-order valence-electron chi connectivity index (χ4n) is 1.79. The van der Waals surface area contributed by atoms with Crippen molar-refractivity contribution < 1.29 is 14.6 Å². The molecule has 1 N–H and O–H groups in total. The Morgan fingerprint density at radius 3 is 2.50 bits per heavy atom. The molecule has 0 amide bonds. The molecular formula is C13H20O3. The van der Waals surface area contributed by atoms with E-state index in [1.54, 1.807) is 14.2 Å². The second-order valence-corrected chi connectivity index (χ2v) is 4.02. The zero-order chi connectivity index (χ0) is 12.2. The number of methoxy groups -OCH3 is 2. The molecule has 1 atom stereocenters. The minimum absolute atomic E-state index is 0.267. The fourth-order valence-corrected chi connectivity index (χ4v) is 1.79. The average molecular weight is 224 g/mol. The summed E-state index contributed by atoms with van der Waals surface area (Å²) >= 11 is 0. The van der Waals surface area contributed by atoms with Gasteiger partial charge in [0, 0.05) is 12.7 Å². The molecule has 1 unspecified atom stereocenters. The van der Waals surface area contributed by atoms with Crippen LogP contribution in [-0.4, -0.2) is 25.9 Å². The van der Waals surface area contributed by atoms with E-state index in [4.69, 9.17) is 9.47 Å². The van der Waals surface area contributed by atoms with E-state index < -0.39 is 5.60 Å². The van der Waals surface area contributed by atoms with E-state index in [1.165, 1.54) is 0 Å². The Morgan fingerprint density at radius 2 is 2.00 bits per heavy atom. The van der Waals surface area contributed by atoms with Gasteiger partial charge < -0.3 is 14.6 Å². The Morgan fingerprint density at radius 1 is 1.31 bits per heavy atom. The maximum Gasteiger partial charge on any atom is 0.125 e. The molecule has 16 heavy (non-hydrogen) atoms. The van der Waals surface area contributed by atoms with Gasteiger partial charge in [-0.05, 0) is 25.5 Å². The highest BCUT2D eigenvalue weighted by Gasteiger charge is 2.30. The second-order valence-electron chi connectivity index (χ2n) is 4.02. The number of benzene rings is 1. The van der Waals surface area contributed by atoms with Crippen LogP contribution in [0, 0.1) is 6.92 Å². The van der Waals surface area contributed by atoms with Crippen LogP contribution in [0.5, 0.6) is 5.75 Å². The van der Waals surface area contributed by atoms with E-state index in [1.807, 2.05) is 32.0 Å². The molecule has 0 aliphatic rings. The molecule has 3 nitrogen and oxygen atoms in total. The highest BCUT2D eigenvalue weighted by Crippen LogP contribution is 2.33. The van der Waals surface area contributed by atoms with E-state index in [0.717, 1.165) is 11.1 Å². The van der Waals surface area contributed by atoms with E-state index in [-0.39, 0.29) is 6.61 Å². The van der Waals surface area contributed by atoms with Crippen molar-refractivity contribution in [1.29, 1.82) is 0 Å². The smallest absolute Gasteiger partial charge is 0.125 e. The topological polar surface area (TPSA) is 38.7 Å². The normalized spacial score (nSPS) is 14.6. The van der Waals surface area contributed by atoms with Crippen LogP contribution in [0.15, 0.2) is 18.2 Å². The molecule has 90 valence electrons. The summed E-state index contributed by atoms with van der Waals surface area (Å²) in [5, 5.41) is 10.5. The number of aryl methyl sites for hydroxylation is 1. The van der Waals surface area contributed by atoms with Gasteiger partial charge in [0.1, 0.15) is 11.4 Å². The number of aliphatic hydroxyl groups is 1. The summed E-state index contributed by atoms with van der Waals surface area (Å²) in [7, 11) is 3.19. The predicted molar refractivity (Wildman–Crippen MR) is 63.8 cm³/mol. The summed E-state index contributed by atoms with van der Waals surface area (Å²) in [4.78, 5) is 0. The number of hydrogen-bond acceptors (Lipinski definition) is 3. The van der Waals surface area contributed by atoms with Gasteiger partial charge in [-0.15, -0.1) is 0 Å². The Bertz CT molecular complexity index is 349. The van der Waals surface area contributed by atoms with Gasteiger partial charge in [0.25, 0.3) is 0 Å². The first-order valence-corrected chi connectivity index (χ1v) is 5.44. The van der Waals surface area contributed by atoms with Crippen LogP contribution >= 0.6 is 0 Å². The van der Waals surface area contributed by atoms with Crippen molar-refractivity contribution in [3.8, 4) is 5.75 Å². The summed E-state index contributed by atoms with van der Waals surface area (Å²) in [5.74, 6) is 0.701. The summed E-state index contributed by atoms with van der Waals surface area (Å²) in [6.45, 7) is 4.19. The van der Waals surface area contributed by atoms with Crippen LogP contribution in [0.3, 0.4) is 0 Å². The van der Waals surface area contributed by atoms with Gasteiger partial charge in [0.05, 0.1) is 13.7 Å². The molecule has 1 rings (SSSR count). The van der Waals surface area contributed by atoms with Crippen LogP contribution in [0.25, 0.3) is 0 Å². The standard InChI is InChI=1S/C13H20O3/c1-5-13(14,9-15-3)11-8-10(2)6-7-12(11)16-4/h6-8,14H,5,9H2,1-4H3. The minimum atomic E-state index is -0.980. The van der Waals surface area contributed by atoms with Gasteiger partial charge in [-0.25, -0.2) is 0 Å². The molecule has 0 aliphatic carbocycles. The van der Waals surface area contributed by atoms with E-state index in [2.05, 4.69) is 0 Å². The van der Waals surface area contributed by atoms with Gasteiger partial charge in [-0.3, -0.25) is 0 Å². The molecule has 1 aromatic carbocycles. The Balaban J connectivity index is 3.21. The molecule has 0 radical (unpaired) electrons. The third kappa shape index (κ3) is 2.54. The molecule has 0 spiro atoms. The van der Waals surface area contributed by atoms with Gasteiger partial charge in [-0.2, -0.15) is 0 Å². The number of ether oxygens (including phenoxy) is 2. The molecule has 0 saturated carbocycles. The summed E-state index contributed by atoms with van der Waals surface area (Å²) in [5.41, 5.74) is 0.907. The molecule has 0 aliphatic heterocycles. The molecule has 0 aromatic heterocycles. The van der Waals surface area contributed by atoms with Gasteiger partial charge in [0.2, 0.25) is 0 Å². The van der Waals surface area contributed by atoms with E-state index in [0.29, 0.717) is 12.2 Å². The first kappa shape index (κ1) is 13.0. The number of rotatable bonds is 5. The van der Waals surface area contributed by atoms with E-state index >= 15 is 0 Å². The highest BCUT2D eigenvalue weighted by atomic mass is 16.5.